The van der Waals surface area contributed by atoms with Gasteiger partial charge in [-0.3, -0.25) is 4.79 Å². The van der Waals surface area contributed by atoms with Gasteiger partial charge < -0.3 is 10.2 Å². The van der Waals surface area contributed by atoms with E-state index in [0.29, 0.717) is 25.9 Å². The average Bonchev–Trinajstić information content (AvgIpc) is 3.36. The van der Waals surface area contributed by atoms with Gasteiger partial charge in [-0.2, -0.15) is 0 Å². The van der Waals surface area contributed by atoms with Crippen LogP contribution in [0.3, 0.4) is 0 Å². The Bertz CT molecular complexity index is 937. The maximum absolute atomic E-state index is 12.8. The predicted octanol–water partition coefficient (Wildman–Crippen LogP) is 2.38. The fourth-order valence-corrected chi connectivity index (χ4v) is 6.38. The number of hydrogen-bond acceptors (Lipinski definition) is 4. The third-order valence-electron chi connectivity index (χ3n) is 6.63. The number of urea groups is 1. The van der Waals surface area contributed by atoms with Crippen LogP contribution in [0.4, 0.5) is 10.5 Å². The minimum absolute atomic E-state index is 0. The molecule has 2 aliphatic carbocycles. The maximum Gasteiger partial charge on any atom is 0.332 e. The molecule has 1 aromatic carbocycles. The van der Waals surface area contributed by atoms with E-state index in [9.17, 15) is 18.0 Å². The number of likely N-dealkylation sites (tertiary alicyclic amines) is 1. The van der Waals surface area contributed by atoms with Crippen LogP contribution in [-0.2, 0) is 40.5 Å². The first kappa shape index (κ1) is 25.2. The van der Waals surface area contributed by atoms with Gasteiger partial charge in [0.1, 0.15) is 0 Å². The number of hydrogen-bond donors (Lipinski definition) is 2. The van der Waals surface area contributed by atoms with Gasteiger partial charge in [0, 0.05) is 76.1 Å². The molecule has 1 heterocycles. The topological polar surface area (TPSA) is 95.6 Å². The van der Waals surface area contributed by atoms with Crippen molar-refractivity contribution in [1.82, 2.24) is 9.62 Å². The molecule has 0 spiro atoms. The van der Waals surface area contributed by atoms with E-state index in [1.807, 2.05) is 13.8 Å². The summed E-state index contributed by atoms with van der Waals surface area (Å²) in [6.07, 6.45) is 6.71. The number of nitrogens with one attached hydrogen (secondary N) is 2. The number of rotatable bonds is 4. The quantitative estimate of drug-likeness (QED) is 0.658. The van der Waals surface area contributed by atoms with Crippen LogP contribution in [0.1, 0.15) is 61.8 Å². The van der Waals surface area contributed by atoms with Crippen molar-refractivity contribution in [1.29, 1.82) is 0 Å². The van der Waals surface area contributed by atoms with Crippen molar-refractivity contribution < 1.29 is 18.0 Å². The van der Waals surface area contributed by atoms with Gasteiger partial charge in [0.15, 0.2) is 0 Å². The monoisotopic (exact) mass is 472 g/mol. The Labute approximate surface area is 227 Å². The van der Waals surface area contributed by atoms with Gasteiger partial charge in [0.05, 0.1) is 5.25 Å². The Morgan fingerprint density at radius 3 is 2.06 bits per heavy atom. The summed E-state index contributed by atoms with van der Waals surface area (Å²) in [6, 6.07) is 1.60. The van der Waals surface area contributed by atoms with E-state index in [-0.39, 0.29) is 63.2 Å². The molecule has 0 saturated carbocycles. The van der Waals surface area contributed by atoms with Crippen LogP contribution in [0.25, 0.3) is 0 Å². The van der Waals surface area contributed by atoms with Crippen molar-refractivity contribution in [2.75, 3.05) is 18.4 Å². The molecule has 1 fully saturated rings. The molecule has 4 rings (SSSR count). The number of amides is 3. The molecule has 31 heavy (non-hydrogen) atoms. The number of aryl methyl sites for hydroxylation is 2. The molecular formula is C22H31KN3O4S. The molecule has 1 aromatic rings. The summed E-state index contributed by atoms with van der Waals surface area (Å²) in [5.41, 5.74) is 5.75. The normalized spacial score (nSPS) is 18.4. The summed E-state index contributed by atoms with van der Waals surface area (Å²) in [5, 5.41) is 2.23. The summed E-state index contributed by atoms with van der Waals surface area (Å²) < 4.78 is 27.8. The minimum atomic E-state index is -3.80. The third-order valence-corrected chi connectivity index (χ3v) is 8.45. The Balaban J connectivity index is 0.00000272. The van der Waals surface area contributed by atoms with Crippen molar-refractivity contribution in [3.05, 3.63) is 28.3 Å². The molecule has 1 aliphatic heterocycles. The van der Waals surface area contributed by atoms with Gasteiger partial charge in [-0.1, -0.05) is 19.9 Å². The second kappa shape index (κ2) is 10.2. The van der Waals surface area contributed by atoms with Gasteiger partial charge in [0.2, 0.25) is 15.9 Å². The molecule has 0 aromatic heterocycles. The summed E-state index contributed by atoms with van der Waals surface area (Å²) in [5.74, 6) is -0.0558. The number of anilines is 1. The smallest absolute Gasteiger partial charge is 0.332 e. The molecule has 3 aliphatic rings. The summed E-state index contributed by atoms with van der Waals surface area (Å²) in [6.45, 7) is 4.50. The first-order chi connectivity index (χ1) is 14.3. The number of carbonyl (C=O) groups is 2. The molecule has 1 saturated heterocycles. The Kier molecular flexibility index (Phi) is 8.30. The average molecular weight is 473 g/mol. The van der Waals surface area contributed by atoms with Crippen LogP contribution in [0, 0.1) is 5.92 Å². The van der Waals surface area contributed by atoms with Crippen LogP contribution in [0.2, 0.25) is 0 Å². The second-order valence-electron chi connectivity index (χ2n) is 9.01. The second-order valence-corrected chi connectivity index (χ2v) is 11.0. The van der Waals surface area contributed by atoms with Crippen LogP contribution < -0.4 is 10.0 Å². The number of sulfonamides is 1. The number of benzene rings is 1. The predicted molar refractivity (Wildman–Crippen MR) is 122 cm³/mol. The van der Waals surface area contributed by atoms with E-state index in [1.165, 1.54) is 22.3 Å². The van der Waals surface area contributed by atoms with E-state index in [0.717, 1.165) is 44.2 Å². The molecule has 2 N–H and O–H groups in total. The number of fused-ring (bicyclic) bond motifs is 2. The molecule has 0 atom stereocenters. The minimum Gasteiger partial charge on any atom is -0.342 e. The van der Waals surface area contributed by atoms with Crippen molar-refractivity contribution in [2.24, 2.45) is 5.92 Å². The van der Waals surface area contributed by atoms with Gasteiger partial charge >= 0.3 is 6.03 Å². The molecule has 3 amide bonds. The zero-order valence-electron chi connectivity index (χ0n) is 18.8. The molecule has 7 nitrogen and oxygen atoms in total. The van der Waals surface area contributed by atoms with Crippen LogP contribution in [-0.4, -0.2) is 95.0 Å². The van der Waals surface area contributed by atoms with E-state index >= 15 is 0 Å². The summed E-state index contributed by atoms with van der Waals surface area (Å²) in [7, 11) is -3.80. The molecule has 1 radical (unpaired) electrons. The van der Waals surface area contributed by atoms with Gasteiger partial charge in [-0.15, -0.1) is 0 Å². The fourth-order valence-electron chi connectivity index (χ4n) is 5.07. The zero-order chi connectivity index (χ0) is 21.5. The van der Waals surface area contributed by atoms with Gasteiger partial charge in [-0.25, -0.2) is 17.9 Å². The summed E-state index contributed by atoms with van der Waals surface area (Å²) in [4.78, 5) is 26.5. The molecule has 0 bridgehead atoms. The maximum atomic E-state index is 12.8. The third kappa shape index (κ3) is 5.38. The molecule has 165 valence electrons. The number of nitrogens with zero attached hydrogens (tertiary/aromatic N) is 1. The van der Waals surface area contributed by atoms with Crippen molar-refractivity contribution in [2.45, 2.75) is 70.5 Å². The molecular weight excluding hydrogens is 441 g/mol. The van der Waals surface area contributed by atoms with Crippen molar-refractivity contribution in [3.8, 4) is 0 Å². The fraction of sp³-hybridized carbons (Fsp3) is 0.636. The molecule has 0 unspecified atom stereocenters. The molecule has 9 heteroatoms. The van der Waals surface area contributed by atoms with Crippen LogP contribution in [0.5, 0.6) is 0 Å². The van der Waals surface area contributed by atoms with Crippen LogP contribution in [0.15, 0.2) is 6.07 Å². The Morgan fingerprint density at radius 1 is 1.00 bits per heavy atom. The van der Waals surface area contributed by atoms with E-state index in [1.54, 1.807) is 4.90 Å². The standard InChI is InChI=1S/C22H31N3O4S.K/c1-14(2)21(26)25-11-9-17(10-12-25)30(28,29)24-22(27)23-20-18-7-3-5-15(18)13-16-6-4-8-19(16)20;/h13-14,17H,3-12H2,1-2H3,(H2,23,24,27);. The van der Waals surface area contributed by atoms with E-state index < -0.39 is 21.3 Å². The summed E-state index contributed by atoms with van der Waals surface area (Å²) >= 11 is 0. The van der Waals surface area contributed by atoms with Gasteiger partial charge in [-0.05, 0) is 73.6 Å². The number of carbonyl (C=O) groups excluding carboxylic acids is 2. The first-order valence-electron chi connectivity index (χ1n) is 11.0. The largest absolute Gasteiger partial charge is 0.342 e. The van der Waals surface area contributed by atoms with Gasteiger partial charge in [0.25, 0.3) is 0 Å². The zero-order valence-corrected chi connectivity index (χ0v) is 22.7. The van der Waals surface area contributed by atoms with E-state index in [4.69, 9.17) is 0 Å². The SMILES string of the molecule is CC(C)C(=O)N1CCC(S(=O)(=O)NC(=O)Nc2c3c(cc4c2CCC4)CCC3)CC1.[K]. The van der Waals surface area contributed by atoms with Crippen molar-refractivity contribution in [3.63, 3.8) is 0 Å². The number of piperidine rings is 1. The Hall–Kier alpha value is -0.454. The Morgan fingerprint density at radius 2 is 1.55 bits per heavy atom. The van der Waals surface area contributed by atoms with E-state index in [2.05, 4.69) is 16.1 Å². The first-order valence-corrected chi connectivity index (χ1v) is 12.6. The van der Waals surface area contributed by atoms with Crippen LogP contribution >= 0.6 is 0 Å². The van der Waals surface area contributed by atoms with Crippen molar-refractivity contribution >= 4 is 79.0 Å².